The normalized spacial score (nSPS) is 16.2. The fourth-order valence-electron chi connectivity index (χ4n) is 2.67. The van der Waals surface area contributed by atoms with Crippen LogP contribution >= 0.6 is 11.8 Å². The summed E-state index contributed by atoms with van der Waals surface area (Å²) in [5.41, 5.74) is 0.955. The maximum atomic E-state index is 5.38. The molecule has 8 heteroatoms. The van der Waals surface area contributed by atoms with Crippen LogP contribution < -0.4 is 19.5 Å². The van der Waals surface area contributed by atoms with E-state index in [0.717, 1.165) is 22.5 Å². The van der Waals surface area contributed by atoms with Crippen molar-refractivity contribution < 1.29 is 9.47 Å². The van der Waals surface area contributed by atoms with Crippen LogP contribution in [-0.4, -0.2) is 41.9 Å². The first-order valence-electron chi connectivity index (χ1n) is 7.47. The Morgan fingerprint density at radius 2 is 1.92 bits per heavy atom. The number of benzene rings is 1. The van der Waals surface area contributed by atoms with Gasteiger partial charge in [0.15, 0.2) is 11.5 Å². The van der Waals surface area contributed by atoms with E-state index in [1.54, 1.807) is 32.2 Å². The lowest BCUT2D eigenvalue weighted by atomic mass is 10.2. The molecular weight excluding hydrogens is 326 g/mol. The molecule has 7 nitrogen and oxygen atoms in total. The van der Waals surface area contributed by atoms with Crippen LogP contribution in [0, 0.1) is 0 Å². The molecular formula is C16H17N5O2S. The van der Waals surface area contributed by atoms with Crippen LogP contribution in [0.1, 0.15) is 0 Å². The molecule has 3 heterocycles. The van der Waals surface area contributed by atoms with E-state index >= 15 is 0 Å². The minimum Gasteiger partial charge on any atom is -0.493 e. The number of anilines is 2. The quantitative estimate of drug-likeness (QED) is 0.846. The van der Waals surface area contributed by atoms with Crippen LogP contribution in [-0.2, 0) is 0 Å². The van der Waals surface area contributed by atoms with Gasteiger partial charge < -0.3 is 9.47 Å². The third-order valence-electron chi connectivity index (χ3n) is 3.88. The Hall–Kier alpha value is -2.61. The molecule has 2 aromatic rings. The Labute approximate surface area is 144 Å². The van der Waals surface area contributed by atoms with Crippen molar-refractivity contribution in [2.75, 3.05) is 36.8 Å². The van der Waals surface area contributed by atoms with E-state index in [1.807, 2.05) is 41.4 Å². The van der Waals surface area contributed by atoms with Crippen molar-refractivity contribution in [3.8, 4) is 11.5 Å². The number of thioether (sulfide) groups is 1. The van der Waals surface area contributed by atoms with Crippen molar-refractivity contribution in [2.45, 2.75) is 0 Å². The highest BCUT2D eigenvalue weighted by Gasteiger charge is 2.36. The zero-order chi connectivity index (χ0) is 16.5. The average molecular weight is 343 g/mol. The van der Waals surface area contributed by atoms with Gasteiger partial charge in [-0.15, -0.1) is 5.10 Å². The summed E-state index contributed by atoms with van der Waals surface area (Å²) in [5.74, 6) is 3.13. The predicted octanol–water partition coefficient (Wildman–Crippen LogP) is 2.58. The van der Waals surface area contributed by atoms with Gasteiger partial charge >= 0.3 is 0 Å². The number of amidine groups is 1. The highest BCUT2D eigenvalue weighted by Crippen LogP contribution is 2.36. The van der Waals surface area contributed by atoms with Gasteiger partial charge in [0.05, 0.1) is 25.8 Å². The fraction of sp³-hybridized carbons (Fsp3) is 0.250. The van der Waals surface area contributed by atoms with Crippen molar-refractivity contribution in [3.05, 3.63) is 42.6 Å². The first-order valence-corrected chi connectivity index (χ1v) is 8.45. The zero-order valence-corrected chi connectivity index (χ0v) is 14.2. The summed E-state index contributed by atoms with van der Waals surface area (Å²) in [6.45, 7) is 0.633. The molecule has 0 N–H and O–H groups in total. The molecule has 0 unspecified atom stereocenters. The third-order valence-corrected chi connectivity index (χ3v) is 4.81. The van der Waals surface area contributed by atoms with Crippen molar-refractivity contribution in [3.63, 3.8) is 0 Å². The number of hydrazone groups is 1. The molecule has 0 spiro atoms. The average Bonchev–Trinajstić information content (AvgIpc) is 3.22. The summed E-state index contributed by atoms with van der Waals surface area (Å²) in [4.78, 5) is 4.43. The molecule has 4 rings (SSSR count). The van der Waals surface area contributed by atoms with Gasteiger partial charge in [-0.05, 0) is 24.3 Å². The second kappa shape index (κ2) is 6.12. The lowest BCUT2D eigenvalue weighted by Crippen LogP contribution is -2.40. The van der Waals surface area contributed by atoms with Gasteiger partial charge in [0, 0.05) is 12.3 Å². The number of hydrogen-bond donors (Lipinski definition) is 0. The number of pyridine rings is 1. The molecule has 1 aromatic carbocycles. The second-order valence-electron chi connectivity index (χ2n) is 5.22. The Morgan fingerprint density at radius 3 is 2.67 bits per heavy atom. The molecule has 1 aromatic heterocycles. The van der Waals surface area contributed by atoms with Crippen LogP contribution in [0.5, 0.6) is 11.5 Å². The number of rotatable bonds is 4. The van der Waals surface area contributed by atoms with Crippen LogP contribution in [0.2, 0.25) is 0 Å². The topological polar surface area (TPSA) is 53.4 Å². The molecule has 2 aliphatic rings. The van der Waals surface area contributed by atoms with Crippen LogP contribution in [0.25, 0.3) is 0 Å². The molecule has 1 saturated heterocycles. The predicted molar refractivity (Wildman–Crippen MR) is 95.3 cm³/mol. The molecule has 24 heavy (non-hydrogen) atoms. The summed E-state index contributed by atoms with van der Waals surface area (Å²) in [6.07, 6.45) is 1.80. The van der Waals surface area contributed by atoms with Crippen molar-refractivity contribution in [2.24, 2.45) is 5.10 Å². The Bertz CT molecular complexity index is 770. The molecule has 0 atom stereocenters. The summed E-state index contributed by atoms with van der Waals surface area (Å²) < 4.78 is 10.7. The molecule has 0 bridgehead atoms. The molecule has 0 amide bonds. The van der Waals surface area contributed by atoms with Crippen molar-refractivity contribution >= 4 is 28.4 Å². The second-order valence-corrected chi connectivity index (χ2v) is 6.14. The Kier molecular flexibility index (Phi) is 3.81. The molecule has 0 radical (unpaired) electrons. The molecule has 0 saturated carbocycles. The standard InChI is InChI=1S/C16H17N5O2S/c1-22-13-7-6-12(9-14(13)23-2)19-10-20-16(18-19)24-11-21(20)15-5-3-4-8-17-15/h3-9H,10-11H2,1-2H3. The lowest BCUT2D eigenvalue weighted by Gasteiger charge is -2.27. The molecule has 1 fully saturated rings. The van der Waals surface area contributed by atoms with E-state index in [9.17, 15) is 0 Å². The van der Waals surface area contributed by atoms with Gasteiger partial charge in [0.2, 0.25) is 5.17 Å². The maximum Gasteiger partial charge on any atom is 0.206 e. The minimum atomic E-state index is 0.633. The van der Waals surface area contributed by atoms with Crippen LogP contribution in [0.4, 0.5) is 11.5 Å². The summed E-state index contributed by atoms with van der Waals surface area (Å²) in [7, 11) is 3.26. The molecule has 124 valence electrons. The smallest absolute Gasteiger partial charge is 0.206 e. The van der Waals surface area contributed by atoms with Crippen molar-refractivity contribution in [1.82, 2.24) is 9.99 Å². The number of nitrogens with zero attached hydrogens (tertiary/aromatic N) is 5. The zero-order valence-electron chi connectivity index (χ0n) is 13.4. The van der Waals surface area contributed by atoms with Gasteiger partial charge in [-0.25, -0.2) is 15.0 Å². The number of fused-ring (bicyclic) bond motifs is 1. The van der Waals surface area contributed by atoms with Crippen LogP contribution in [0.15, 0.2) is 47.7 Å². The number of methoxy groups -OCH3 is 2. The monoisotopic (exact) mass is 343 g/mol. The highest BCUT2D eigenvalue weighted by molar-refractivity contribution is 8.14. The first kappa shape index (κ1) is 14.9. The summed E-state index contributed by atoms with van der Waals surface area (Å²) in [5, 5.41) is 11.9. The lowest BCUT2D eigenvalue weighted by molar-refractivity contribution is 0.355. The van der Waals surface area contributed by atoms with Crippen LogP contribution in [0.3, 0.4) is 0 Å². The molecule has 0 aliphatic carbocycles. The highest BCUT2D eigenvalue weighted by atomic mass is 32.2. The fourth-order valence-corrected chi connectivity index (χ4v) is 3.64. The van der Waals surface area contributed by atoms with E-state index < -0.39 is 0 Å². The summed E-state index contributed by atoms with van der Waals surface area (Å²) in [6, 6.07) is 11.7. The minimum absolute atomic E-state index is 0.633. The van der Waals surface area contributed by atoms with Crippen molar-refractivity contribution in [1.29, 1.82) is 0 Å². The Balaban J connectivity index is 1.58. The SMILES string of the molecule is COc1ccc(N2CN3C(=N2)SCN3c2ccccn2)cc1OC. The van der Waals surface area contributed by atoms with E-state index in [0.29, 0.717) is 18.2 Å². The van der Waals surface area contributed by atoms with Gasteiger partial charge in [-0.3, -0.25) is 5.01 Å². The summed E-state index contributed by atoms with van der Waals surface area (Å²) >= 11 is 1.70. The first-order chi connectivity index (χ1) is 11.8. The van der Waals surface area contributed by atoms with E-state index in [4.69, 9.17) is 14.6 Å². The van der Waals surface area contributed by atoms with Gasteiger partial charge in [-0.1, -0.05) is 17.8 Å². The number of hydrogen-bond acceptors (Lipinski definition) is 8. The number of aromatic nitrogens is 1. The third kappa shape index (κ3) is 2.48. The molecule has 2 aliphatic heterocycles. The van der Waals surface area contributed by atoms with E-state index in [-0.39, 0.29) is 0 Å². The van der Waals surface area contributed by atoms with Gasteiger partial charge in [0.1, 0.15) is 12.5 Å². The largest absolute Gasteiger partial charge is 0.493 e. The van der Waals surface area contributed by atoms with Gasteiger partial charge in [0.25, 0.3) is 0 Å². The number of hydrazine groups is 1. The van der Waals surface area contributed by atoms with Gasteiger partial charge in [-0.2, -0.15) is 0 Å². The van der Waals surface area contributed by atoms with E-state index in [2.05, 4.69) is 15.0 Å². The number of ether oxygens (including phenoxy) is 2. The maximum absolute atomic E-state index is 5.38. The Morgan fingerprint density at radius 1 is 1.04 bits per heavy atom. The van der Waals surface area contributed by atoms with E-state index in [1.165, 1.54) is 0 Å².